The molecule has 22 heavy (non-hydrogen) atoms. The van der Waals surface area contributed by atoms with Crippen molar-refractivity contribution in [2.24, 2.45) is 0 Å². The maximum absolute atomic E-state index is 9.37. The van der Waals surface area contributed by atoms with E-state index < -0.39 is 0 Å². The van der Waals surface area contributed by atoms with Gasteiger partial charge in [0.25, 0.3) is 0 Å². The molecule has 0 saturated carbocycles. The Hall–Kier alpha value is -2.65. The number of nitriles is 1. The molecule has 2 aromatic rings. The number of nitrogens with two attached hydrogens (primary N) is 2. The molecule has 0 unspecified atom stereocenters. The number of anilines is 2. The van der Waals surface area contributed by atoms with Gasteiger partial charge in [-0.3, -0.25) is 4.90 Å². The maximum atomic E-state index is 9.37. The molecule has 112 valence electrons. The summed E-state index contributed by atoms with van der Waals surface area (Å²) in [5, 5.41) is 9.37. The molecule has 0 radical (unpaired) electrons. The normalized spacial score (nSPS) is 14.9. The first-order chi connectivity index (χ1) is 10.7. The number of likely N-dealkylation sites (tertiary alicyclic amines) is 1. The van der Waals surface area contributed by atoms with E-state index in [0.29, 0.717) is 5.69 Å². The fraction of sp³-hybridized carbons (Fsp3) is 0.312. The summed E-state index contributed by atoms with van der Waals surface area (Å²) in [5.41, 5.74) is 14.3. The minimum Gasteiger partial charge on any atom is -0.382 e. The minimum absolute atomic E-state index is 0.0856. The van der Waals surface area contributed by atoms with E-state index in [1.165, 1.54) is 12.8 Å². The Morgan fingerprint density at radius 3 is 2.59 bits per heavy atom. The van der Waals surface area contributed by atoms with Crippen LogP contribution >= 0.6 is 0 Å². The predicted molar refractivity (Wildman–Crippen MR) is 85.5 cm³/mol. The number of benzene rings is 1. The maximum Gasteiger partial charge on any atom is 0.222 e. The predicted octanol–water partition coefficient (Wildman–Crippen LogP) is 1.78. The third-order valence-corrected chi connectivity index (χ3v) is 3.93. The molecule has 0 amide bonds. The standard InChI is InChI=1S/C16H18N6/c17-9-13-14(20-16(19)21-15(13)18)12-6-2-1-5-11(12)10-22-7-3-4-8-22/h1-2,5-6H,3-4,7-8,10H2,(H4,18,19,20,21). The Morgan fingerprint density at radius 1 is 1.14 bits per heavy atom. The molecule has 0 spiro atoms. The average Bonchev–Trinajstić information content (AvgIpc) is 3.00. The minimum atomic E-state index is 0.0856. The van der Waals surface area contributed by atoms with Crippen molar-refractivity contribution in [2.45, 2.75) is 19.4 Å². The number of aromatic nitrogens is 2. The van der Waals surface area contributed by atoms with Gasteiger partial charge in [-0.15, -0.1) is 0 Å². The molecule has 0 atom stereocenters. The van der Waals surface area contributed by atoms with Gasteiger partial charge in [0.15, 0.2) is 0 Å². The Kier molecular flexibility index (Phi) is 3.90. The molecule has 0 bridgehead atoms. The molecule has 0 aliphatic carbocycles. The largest absolute Gasteiger partial charge is 0.382 e. The zero-order chi connectivity index (χ0) is 15.5. The van der Waals surface area contributed by atoms with Crippen molar-refractivity contribution in [1.29, 1.82) is 5.26 Å². The highest BCUT2D eigenvalue weighted by atomic mass is 15.1. The molecule has 1 fully saturated rings. The highest BCUT2D eigenvalue weighted by Crippen LogP contribution is 2.29. The lowest BCUT2D eigenvalue weighted by Gasteiger charge is -2.18. The van der Waals surface area contributed by atoms with Crippen molar-refractivity contribution in [3.63, 3.8) is 0 Å². The number of rotatable bonds is 3. The van der Waals surface area contributed by atoms with Crippen LogP contribution in [-0.4, -0.2) is 28.0 Å². The third-order valence-electron chi connectivity index (χ3n) is 3.93. The smallest absolute Gasteiger partial charge is 0.222 e. The van der Waals surface area contributed by atoms with Crippen molar-refractivity contribution >= 4 is 11.8 Å². The molecule has 2 heterocycles. The second-order valence-electron chi connectivity index (χ2n) is 5.44. The fourth-order valence-electron chi connectivity index (χ4n) is 2.87. The van der Waals surface area contributed by atoms with Gasteiger partial charge in [-0.2, -0.15) is 10.2 Å². The lowest BCUT2D eigenvalue weighted by molar-refractivity contribution is 0.332. The molecule has 1 aromatic heterocycles. The van der Waals surface area contributed by atoms with E-state index in [1.807, 2.05) is 18.2 Å². The lowest BCUT2D eigenvalue weighted by atomic mass is 10.0. The Bertz CT molecular complexity index is 728. The molecular formula is C16H18N6. The summed E-state index contributed by atoms with van der Waals surface area (Å²) in [6, 6.07) is 10.0. The Balaban J connectivity index is 2.07. The van der Waals surface area contributed by atoms with Crippen LogP contribution in [0, 0.1) is 11.3 Å². The topological polar surface area (TPSA) is 105 Å². The van der Waals surface area contributed by atoms with Gasteiger partial charge in [0.1, 0.15) is 17.5 Å². The van der Waals surface area contributed by atoms with Crippen LogP contribution in [0.5, 0.6) is 0 Å². The summed E-state index contributed by atoms with van der Waals surface area (Å²) in [6.07, 6.45) is 2.47. The molecule has 1 aromatic carbocycles. The van der Waals surface area contributed by atoms with E-state index in [9.17, 15) is 5.26 Å². The van der Waals surface area contributed by atoms with Crippen LogP contribution in [0.15, 0.2) is 24.3 Å². The van der Waals surface area contributed by atoms with E-state index in [1.54, 1.807) is 0 Å². The number of hydrogen-bond acceptors (Lipinski definition) is 6. The van der Waals surface area contributed by atoms with Crippen LogP contribution in [0.4, 0.5) is 11.8 Å². The van der Waals surface area contributed by atoms with Crippen LogP contribution in [0.3, 0.4) is 0 Å². The first-order valence-electron chi connectivity index (χ1n) is 7.32. The molecule has 6 heteroatoms. The summed E-state index contributed by atoms with van der Waals surface area (Å²) in [4.78, 5) is 10.5. The Labute approximate surface area is 129 Å². The average molecular weight is 294 g/mol. The molecule has 1 saturated heterocycles. The third kappa shape index (κ3) is 2.71. The zero-order valence-corrected chi connectivity index (χ0v) is 12.3. The van der Waals surface area contributed by atoms with Crippen molar-refractivity contribution in [2.75, 3.05) is 24.6 Å². The first-order valence-corrected chi connectivity index (χ1v) is 7.32. The summed E-state index contributed by atoms with van der Waals surface area (Å²) in [6.45, 7) is 3.05. The second-order valence-corrected chi connectivity index (χ2v) is 5.44. The molecule has 1 aliphatic rings. The van der Waals surface area contributed by atoms with Crippen LogP contribution in [0.2, 0.25) is 0 Å². The van der Waals surface area contributed by atoms with E-state index >= 15 is 0 Å². The summed E-state index contributed by atoms with van der Waals surface area (Å²) >= 11 is 0. The SMILES string of the molecule is N#Cc1c(N)nc(N)nc1-c1ccccc1CN1CCCC1. The highest BCUT2D eigenvalue weighted by Gasteiger charge is 2.18. The van der Waals surface area contributed by atoms with Gasteiger partial charge >= 0.3 is 0 Å². The van der Waals surface area contributed by atoms with Gasteiger partial charge in [0.2, 0.25) is 5.95 Å². The van der Waals surface area contributed by atoms with Crippen molar-refractivity contribution < 1.29 is 0 Å². The molecular weight excluding hydrogens is 276 g/mol. The van der Waals surface area contributed by atoms with Gasteiger partial charge in [0, 0.05) is 12.1 Å². The Morgan fingerprint density at radius 2 is 1.86 bits per heavy atom. The van der Waals surface area contributed by atoms with E-state index in [-0.39, 0.29) is 17.3 Å². The van der Waals surface area contributed by atoms with E-state index in [0.717, 1.165) is 30.8 Å². The van der Waals surface area contributed by atoms with E-state index in [2.05, 4.69) is 27.0 Å². The first kappa shape index (κ1) is 14.3. The number of hydrogen-bond donors (Lipinski definition) is 2. The monoisotopic (exact) mass is 294 g/mol. The fourth-order valence-corrected chi connectivity index (χ4v) is 2.87. The summed E-state index contributed by atoms with van der Waals surface area (Å²) in [7, 11) is 0. The molecule has 3 rings (SSSR count). The zero-order valence-electron chi connectivity index (χ0n) is 12.3. The summed E-state index contributed by atoms with van der Waals surface area (Å²) < 4.78 is 0. The van der Waals surface area contributed by atoms with Crippen LogP contribution < -0.4 is 11.5 Å². The van der Waals surface area contributed by atoms with Gasteiger partial charge in [0.05, 0.1) is 5.69 Å². The van der Waals surface area contributed by atoms with E-state index in [4.69, 9.17) is 11.5 Å². The van der Waals surface area contributed by atoms with Crippen LogP contribution in [-0.2, 0) is 6.54 Å². The number of nitrogen functional groups attached to an aromatic ring is 2. The quantitative estimate of drug-likeness (QED) is 0.894. The van der Waals surface area contributed by atoms with Crippen molar-refractivity contribution in [3.05, 3.63) is 35.4 Å². The van der Waals surface area contributed by atoms with Gasteiger partial charge in [-0.05, 0) is 31.5 Å². The van der Waals surface area contributed by atoms with Gasteiger partial charge in [-0.1, -0.05) is 24.3 Å². The second kappa shape index (κ2) is 6.00. The number of nitrogens with zero attached hydrogens (tertiary/aromatic N) is 4. The lowest BCUT2D eigenvalue weighted by Crippen LogP contribution is -2.19. The molecule has 1 aliphatic heterocycles. The van der Waals surface area contributed by atoms with Crippen LogP contribution in [0.1, 0.15) is 24.0 Å². The van der Waals surface area contributed by atoms with Crippen LogP contribution in [0.25, 0.3) is 11.3 Å². The van der Waals surface area contributed by atoms with Crippen molar-refractivity contribution in [3.8, 4) is 17.3 Å². The summed E-state index contributed by atoms with van der Waals surface area (Å²) in [5.74, 6) is 0.212. The van der Waals surface area contributed by atoms with Gasteiger partial charge < -0.3 is 11.5 Å². The highest BCUT2D eigenvalue weighted by molar-refractivity contribution is 5.75. The van der Waals surface area contributed by atoms with Crippen molar-refractivity contribution in [1.82, 2.24) is 14.9 Å². The molecule has 6 nitrogen and oxygen atoms in total. The molecule has 4 N–H and O–H groups in total. The van der Waals surface area contributed by atoms with Gasteiger partial charge in [-0.25, -0.2) is 4.98 Å².